The van der Waals surface area contributed by atoms with Crippen LogP contribution in [0.4, 0.5) is 0 Å². The SMILES string of the molecule is C=C1C(=O)NC(=O)c2cccc(C)c21. The molecule has 3 heteroatoms. The van der Waals surface area contributed by atoms with Gasteiger partial charge >= 0.3 is 0 Å². The van der Waals surface area contributed by atoms with Crippen molar-refractivity contribution in [3.63, 3.8) is 0 Å². The van der Waals surface area contributed by atoms with Crippen molar-refractivity contribution in [3.05, 3.63) is 41.5 Å². The molecule has 0 aromatic heterocycles. The number of nitrogens with one attached hydrogen (secondary N) is 1. The summed E-state index contributed by atoms with van der Waals surface area (Å²) in [7, 11) is 0. The molecule has 1 aliphatic heterocycles. The van der Waals surface area contributed by atoms with Gasteiger partial charge in [0.05, 0.1) is 0 Å². The fraction of sp³-hybridized carbons (Fsp3) is 0.0909. The highest BCUT2D eigenvalue weighted by Gasteiger charge is 2.26. The topological polar surface area (TPSA) is 46.2 Å². The fourth-order valence-corrected chi connectivity index (χ4v) is 1.62. The zero-order valence-corrected chi connectivity index (χ0v) is 7.76. The van der Waals surface area contributed by atoms with Crippen LogP contribution in [0.2, 0.25) is 0 Å². The van der Waals surface area contributed by atoms with Crippen molar-refractivity contribution >= 4 is 17.4 Å². The van der Waals surface area contributed by atoms with E-state index in [1.54, 1.807) is 12.1 Å². The van der Waals surface area contributed by atoms with E-state index in [-0.39, 0.29) is 5.91 Å². The van der Waals surface area contributed by atoms with Gasteiger partial charge in [-0.3, -0.25) is 14.9 Å². The maximum absolute atomic E-state index is 11.4. The molecule has 1 aromatic carbocycles. The fourth-order valence-electron chi connectivity index (χ4n) is 1.62. The summed E-state index contributed by atoms with van der Waals surface area (Å²) in [6, 6.07) is 5.34. The molecule has 2 rings (SSSR count). The summed E-state index contributed by atoms with van der Waals surface area (Å²) < 4.78 is 0. The summed E-state index contributed by atoms with van der Waals surface area (Å²) in [5.74, 6) is -0.752. The average Bonchev–Trinajstić information content (AvgIpc) is 2.14. The van der Waals surface area contributed by atoms with Crippen LogP contribution in [-0.2, 0) is 4.79 Å². The van der Waals surface area contributed by atoms with Gasteiger partial charge in [0.2, 0.25) is 0 Å². The Morgan fingerprint density at radius 2 is 1.93 bits per heavy atom. The molecule has 70 valence electrons. The molecule has 1 aliphatic rings. The lowest BCUT2D eigenvalue weighted by Gasteiger charge is -2.18. The number of carbonyl (C=O) groups is 2. The molecule has 3 nitrogen and oxygen atoms in total. The highest BCUT2D eigenvalue weighted by molar-refractivity contribution is 6.30. The molecule has 2 amide bonds. The Morgan fingerprint density at radius 1 is 1.21 bits per heavy atom. The Bertz CT molecular complexity index is 460. The van der Waals surface area contributed by atoms with Crippen LogP contribution in [0, 0.1) is 6.92 Å². The first-order chi connectivity index (χ1) is 6.61. The summed E-state index contributed by atoms with van der Waals surface area (Å²) in [5, 5.41) is 2.24. The van der Waals surface area contributed by atoms with Crippen molar-refractivity contribution in [3.8, 4) is 0 Å². The van der Waals surface area contributed by atoms with Gasteiger partial charge in [-0.05, 0) is 18.6 Å². The van der Waals surface area contributed by atoms with Gasteiger partial charge in [0.1, 0.15) is 0 Å². The van der Waals surface area contributed by atoms with E-state index in [1.165, 1.54) is 0 Å². The number of hydrogen-bond donors (Lipinski definition) is 1. The lowest BCUT2D eigenvalue weighted by Crippen LogP contribution is -2.36. The second-order valence-corrected chi connectivity index (χ2v) is 3.26. The van der Waals surface area contributed by atoms with Gasteiger partial charge in [0, 0.05) is 16.7 Å². The van der Waals surface area contributed by atoms with Crippen LogP contribution in [0.1, 0.15) is 21.5 Å². The third-order valence-electron chi connectivity index (χ3n) is 2.32. The van der Waals surface area contributed by atoms with Crippen LogP contribution in [0.15, 0.2) is 24.8 Å². The van der Waals surface area contributed by atoms with E-state index in [1.807, 2.05) is 13.0 Å². The van der Waals surface area contributed by atoms with Gasteiger partial charge in [0.25, 0.3) is 11.8 Å². The predicted octanol–water partition coefficient (Wildman–Crippen LogP) is 1.28. The Kier molecular flexibility index (Phi) is 1.74. The van der Waals surface area contributed by atoms with E-state index >= 15 is 0 Å². The highest BCUT2D eigenvalue weighted by atomic mass is 16.2. The molecule has 1 aromatic rings. The Morgan fingerprint density at radius 3 is 2.64 bits per heavy atom. The molecule has 0 fully saturated rings. The van der Waals surface area contributed by atoms with Crippen LogP contribution < -0.4 is 5.32 Å². The number of aryl methyl sites for hydroxylation is 1. The van der Waals surface area contributed by atoms with Gasteiger partial charge in [-0.2, -0.15) is 0 Å². The van der Waals surface area contributed by atoms with Crippen molar-refractivity contribution in [2.24, 2.45) is 0 Å². The summed E-state index contributed by atoms with van der Waals surface area (Å²) in [5.41, 5.74) is 2.45. The van der Waals surface area contributed by atoms with E-state index in [2.05, 4.69) is 11.9 Å². The quantitative estimate of drug-likeness (QED) is 0.491. The van der Waals surface area contributed by atoms with Gasteiger partial charge in [0.15, 0.2) is 0 Å². The molecule has 14 heavy (non-hydrogen) atoms. The third-order valence-corrected chi connectivity index (χ3v) is 2.32. The molecule has 0 unspecified atom stereocenters. The molecule has 1 heterocycles. The van der Waals surface area contributed by atoms with Crippen molar-refractivity contribution < 1.29 is 9.59 Å². The molecule has 1 N–H and O–H groups in total. The number of imide groups is 1. The highest BCUT2D eigenvalue weighted by Crippen LogP contribution is 2.25. The number of hydrogen-bond acceptors (Lipinski definition) is 2. The molecular formula is C11H9NO2. The number of amides is 2. The van der Waals surface area contributed by atoms with Crippen molar-refractivity contribution in [2.75, 3.05) is 0 Å². The zero-order chi connectivity index (χ0) is 10.3. The van der Waals surface area contributed by atoms with E-state index in [4.69, 9.17) is 0 Å². The van der Waals surface area contributed by atoms with E-state index in [9.17, 15) is 9.59 Å². The first-order valence-electron chi connectivity index (χ1n) is 4.26. The Balaban J connectivity index is 2.74. The maximum Gasteiger partial charge on any atom is 0.258 e. The molecule has 0 saturated carbocycles. The zero-order valence-electron chi connectivity index (χ0n) is 7.76. The van der Waals surface area contributed by atoms with Gasteiger partial charge in [-0.25, -0.2) is 0 Å². The normalized spacial score (nSPS) is 15.1. The summed E-state index contributed by atoms with van der Waals surface area (Å²) in [6.45, 7) is 5.52. The first-order valence-corrected chi connectivity index (χ1v) is 4.26. The summed E-state index contributed by atoms with van der Waals surface area (Å²) in [6.07, 6.45) is 0. The van der Waals surface area contributed by atoms with Crippen LogP contribution in [0.3, 0.4) is 0 Å². The molecular weight excluding hydrogens is 178 g/mol. The predicted molar refractivity (Wildman–Crippen MR) is 52.7 cm³/mol. The molecule has 0 bridgehead atoms. The minimum absolute atomic E-state index is 0.346. The number of rotatable bonds is 0. The minimum atomic E-state index is -0.406. The van der Waals surface area contributed by atoms with E-state index in [0.717, 1.165) is 5.56 Å². The third kappa shape index (κ3) is 1.06. The van der Waals surface area contributed by atoms with Crippen molar-refractivity contribution in [1.29, 1.82) is 0 Å². The van der Waals surface area contributed by atoms with Crippen LogP contribution in [-0.4, -0.2) is 11.8 Å². The Labute approximate surface area is 81.4 Å². The number of benzene rings is 1. The lowest BCUT2D eigenvalue weighted by atomic mass is 9.92. The number of carbonyl (C=O) groups excluding carboxylic acids is 2. The van der Waals surface area contributed by atoms with Gasteiger partial charge < -0.3 is 0 Å². The van der Waals surface area contributed by atoms with Gasteiger partial charge in [-0.1, -0.05) is 18.7 Å². The summed E-state index contributed by atoms with van der Waals surface area (Å²) >= 11 is 0. The first kappa shape index (κ1) is 8.69. The molecule has 0 saturated heterocycles. The van der Waals surface area contributed by atoms with Gasteiger partial charge in [-0.15, -0.1) is 0 Å². The standard InChI is InChI=1S/C11H9NO2/c1-6-4-3-5-8-9(6)7(2)10(13)12-11(8)14/h3-5H,2H2,1H3,(H,12,13,14). The Hall–Kier alpha value is -1.90. The number of fused-ring (bicyclic) bond motifs is 1. The summed E-state index contributed by atoms with van der Waals surface area (Å²) in [4.78, 5) is 22.7. The second kappa shape index (κ2) is 2.80. The van der Waals surface area contributed by atoms with Crippen molar-refractivity contribution in [1.82, 2.24) is 5.32 Å². The molecule has 0 spiro atoms. The molecule has 0 aliphatic carbocycles. The van der Waals surface area contributed by atoms with Crippen LogP contribution in [0.5, 0.6) is 0 Å². The maximum atomic E-state index is 11.4. The average molecular weight is 187 g/mol. The van der Waals surface area contributed by atoms with E-state index < -0.39 is 5.91 Å². The monoisotopic (exact) mass is 187 g/mol. The van der Waals surface area contributed by atoms with Crippen LogP contribution in [0.25, 0.3) is 5.57 Å². The van der Waals surface area contributed by atoms with Crippen molar-refractivity contribution in [2.45, 2.75) is 6.92 Å². The molecule has 0 atom stereocenters. The second-order valence-electron chi connectivity index (χ2n) is 3.26. The van der Waals surface area contributed by atoms with E-state index in [0.29, 0.717) is 16.7 Å². The molecule has 0 radical (unpaired) electrons. The largest absolute Gasteiger partial charge is 0.288 e. The smallest absolute Gasteiger partial charge is 0.258 e. The minimum Gasteiger partial charge on any atom is -0.288 e. The lowest BCUT2D eigenvalue weighted by molar-refractivity contribution is -0.114. The van der Waals surface area contributed by atoms with Crippen LogP contribution >= 0.6 is 0 Å².